The van der Waals surface area contributed by atoms with E-state index >= 15 is 0 Å². The summed E-state index contributed by atoms with van der Waals surface area (Å²) >= 11 is -2.41. The van der Waals surface area contributed by atoms with Gasteiger partial charge in [-0.1, -0.05) is 0 Å². The van der Waals surface area contributed by atoms with Crippen molar-refractivity contribution in [3.05, 3.63) is 10.1 Å². The van der Waals surface area contributed by atoms with Crippen LogP contribution in [0.3, 0.4) is 0 Å². The molecule has 54 valence electrons. The summed E-state index contributed by atoms with van der Waals surface area (Å²) in [4.78, 5) is 7.38. The predicted molar refractivity (Wildman–Crippen MR) is 31.8 cm³/mol. The van der Waals surface area contributed by atoms with E-state index in [1.165, 1.54) is 0 Å². The zero-order valence-corrected chi connectivity index (χ0v) is 8.84. The Balaban J connectivity index is 0. The molecular formula is C3H7NNaO4S+. The topological polar surface area (TPSA) is 80.4 Å². The third kappa shape index (κ3) is 3.07. The van der Waals surface area contributed by atoms with E-state index in [0.717, 1.165) is 13.8 Å². The molecule has 0 heterocycles. The molecule has 7 heteroatoms. The van der Waals surface area contributed by atoms with Gasteiger partial charge in [0.25, 0.3) is 0 Å². The standard InChI is InChI=1S/C3H7NO4S.Na/c1-3(2,4(5)6)9(7)8;/h1-2H3,(H,7,8);/q;+1. The van der Waals surface area contributed by atoms with E-state index < -0.39 is 20.9 Å². The summed E-state index contributed by atoms with van der Waals surface area (Å²) in [5.41, 5.74) is 0. The summed E-state index contributed by atoms with van der Waals surface area (Å²) in [5, 5.41) is 9.91. The zero-order valence-electron chi connectivity index (χ0n) is 6.03. The minimum atomic E-state index is -2.41. The molecular weight excluding hydrogens is 169 g/mol. The molecule has 1 atom stereocenters. The summed E-state index contributed by atoms with van der Waals surface area (Å²) in [5.74, 6) is 0. The smallest absolute Gasteiger partial charge is 0.301 e. The van der Waals surface area contributed by atoms with E-state index in [0.29, 0.717) is 0 Å². The molecule has 0 saturated carbocycles. The van der Waals surface area contributed by atoms with Gasteiger partial charge in [-0.25, -0.2) is 4.21 Å². The monoisotopic (exact) mass is 176 g/mol. The van der Waals surface area contributed by atoms with Gasteiger partial charge < -0.3 is 4.55 Å². The fourth-order valence-electron chi connectivity index (χ4n) is 0.0638. The normalized spacial score (nSPS) is 13.5. The van der Waals surface area contributed by atoms with Crippen molar-refractivity contribution in [2.24, 2.45) is 0 Å². The van der Waals surface area contributed by atoms with Gasteiger partial charge in [-0.2, -0.15) is 0 Å². The second-order valence-electron chi connectivity index (χ2n) is 1.95. The van der Waals surface area contributed by atoms with Crippen molar-refractivity contribution in [3.8, 4) is 0 Å². The van der Waals surface area contributed by atoms with Gasteiger partial charge in [-0.15, -0.1) is 0 Å². The third-order valence-electron chi connectivity index (χ3n) is 0.867. The van der Waals surface area contributed by atoms with Crippen LogP contribution in [0.4, 0.5) is 0 Å². The van der Waals surface area contributed by atoms with E-state index in [9.17, 15) is 14.3 Å². The second kappa shape index (κ2) is 4.40. The molecule has 0 aromatic carbocycles. The number of hydrogen-bond acceptors (Lipinski definition) is 3. The van der Waals surface area contributed by atoms with Crippen molar-refractivity contribution in [1.82, 2.24) is 0 Å². The molecule has 0 bridgehead atoms. The minimum Gasteiger partial charge on any atom is -0.301 e. The maximum atomic E-state index is 10.1. The van der Waals surface area contributed by atoms with E-state index in [1.54, 1.807) is 0 Å². The van der Waals surface area contributed by atoms with Crippen molar-refractivity contribution in [2.45, 2.75) is 18.7 Å². The van der Waals surface area contributed by atoms with Crippen LogP contribution in [0.2, 0.25) is 0 Å². The molecule has 0 fully saturated rings. The molecule has 10 heavy (non-hydrogen) atoms. The maximum absolute atomic E-state index is 10.1. The van der Waals surface area contributed by atoms with Crippen LogP contribution in [0.25, 0.3) is 0 Å². The summed E-state index contributed by atoms with van der Waals surface area (Å²) in [6.07, 6.45) is 0. The van der Waals surface area contributed by atoms with Crippen LogP contribution in [0, 0.1) is 10.1 Å². The van der Waals surface area contributed by atoms with Crippen molar-refractivity contribution in [2.75, 3.05) is 0 Å². The summed E-state index contributed by atoms with van der Waals surface area (Å²) < 4.78 is 18.4. The fourth-order valence-corrected chi connectivity index (χ4v) is 0.191. The van der Waals surface area contributed by atoms with Crippen molar-refractivity contribution in [1.29, 1.82) is 0 Å². The van der Waals surface area contributed by atoms with E-state index in [-0.39, 0.29) is 29.6 Å². The largest absolute Gasteiger partial charge is 1.00 e. The van der Waals surface area contributed by atoms with Crippen LogP contribution in [-0.2, 0) is 11.1 Å². The van der Waals surface area contributed by atoms with E-state index in [2.05, 4.69) is 0 Å². The van der Waals surface area contributed by atoms with Gasteiger partial charge in [0.05, 0.1) is 0 Å². The van der Waals surface area contributed by atoms with Crippen LogP contribution < -0.4 is 29.6 Å². The molecule has 0 aromatic heterocycles. The second-order valence-corrected chi connectivity index (χ2v) is 3.45. The Morgan fingerprint density at radius 2 is 1.90 bits per heavy atom. The minimum absolute atomic E-state index is 0. The molecule has 0 saturated heterocycles. The first-order chi connectivity index (χ1) is 3.89. The molecule has 0 rings (SSSR count). The fraction of sp³-hybridized carbons (Fsp3) is 1.00. The van der Waals surface area contributed by atoms with Gasteiger partial charge >= 0.3 is 34.4 Å². The summed E-state index contributed by atoms with van der Waals surface area (Å²) in [7, 11) is 0. The van der Waals surface area contributed by atoms with Gasteiger partial charge in [-0.05, 0) is 0 Å². The Kier molecular flexibility index (Phi) is 5.78. The Labute approximate surface area is 82.9 Å². The Bertz CT molecular complexity index is 143. The molecule has 0 aliphatic heterocycles. The van der Waals surface area contributed by atoms with E-state index in [1.807, 2.05) is 0 Å². The van der Waals surface area contributed by atoms with Crippen molar-refractivity contribution < 1.29 is 43.2 Å². The Hall–Kier alpha value is 0.510. The van der Waals surface area contributed by atoms with Crippen LogP contribution in [0.5, 0.6) is 0 Å². The molecule has 0 radical (unpaired) electrons. The molecule has 1 N–H and O–H groups in total. The molecule has 0 aliphatic carbocycles. The zero-order chi connectivity index (χ0) is 7.65. The van der Waals surface area contributed by atoms with Gasteiger partial charge in [-0.3, -0.25) is 10.1 Å². The Morgan fingerprint density at radius 3 is 1.90 bits per heavy atom. The first-order valence-corrected chi connectivity index (χ1v) is 3.25. The van der Waals surface area contributed by atoms with Crippen molar-refractivity contribution >= 4 is 11.1 Å². The molecule has 5 nitrogen and oxygen atoms in total. The van der Waals surface area contributed by atoms with Gasteiger partial charge in [0, 0.05) is 18.8 Å². The molecule has 0 amide bonds. The van der Waals surface area contributed by atoms with Crippen LogP contribution >= 0.6 is 0 Å². The molecule has 0 aliphatic rings. The van der Waals surface area contributed by atoms with Gasteiger partial charge in [0.1, 0.15) is 0 Å². The quantitative estimate of drug-likeness (QED) is 0.214. The number of nitrogens with zero attached hydrogens (tertiary/aromatic N) is 1. The van der Waals surface area contributed by atoms with Crippen molar-refractivity contribution in [3.63, 3.8) is 0 Å². The van der Waals surface area contributed by atoms with Crippen LogP contribution in [-0.4, -0.2) is 18.6 Å². The third-order valence-corrected chi connectivity index (χ3v) is 1.87. The maximum Gasteiger partial charge on any atom is 1.00 e. The number of nitro groups is 1. The van der Waals surface area contributed by atoms with Gasteiger partial charge in [0.15, 0.2) is 0 Å². The summed E-state index contributed by atoms with van der Waals surface area (Å²) in [6.45, 7) is 2.17. The van der Waals surface area contributed by atoms with Crippen LogP contribution in [0.1, 0.15) is 13.8 Å². The number of rotatable bonds is 2. The van der Waals surface area contributed by atoms with Gasteiger partial charge in [0.2, 0.25) is 11.1 Å². The molecule has 0 spiro atoms. The average molecular weight is 176 g/mol. The first kappa shape index (κ1) is 13.1. The SMILES string of the molecule is CC(C)([N+](=O)[O-])S(=O)O.[Na+]. The van der Waals surface area contributed by atoms with Crippen LogP contribution in [0.15, 0.2) is 0 Å². The first-order valence-electron chi connectivity index (χ1n) is 2.14. The summed E-state index contributed by atoms with van der Waals surface area (Å²) in [6, 6.07) is 0. The predicted octanol–water partition coefficient (Wildman–Crippen LogP) is -2.78. The molecule has 1 unspecified atom stereocenters. The molecule has 0 aromatic rings. The van der Waals surface area contributed by atoms with E-state index in [4.69, 9.17) is 4.55 Å². The Morgan fingerprint density at radius 1 is 1.60 bits per heavy atom. The average Bonchev–Trinajstić information content (AvgIpc) is 1.65. The number of hydrogen-bond donors (Lipinski definition) is 1.